The molecule has 3 nitrogen and oxygen atoms in total. The molecule has 2 rings (SSSR count). The third-order valence-corrected chi connectivity index (χ3v) is 3.48. The molecule has 1 aromatic carbocycles. The molecule has 0 aromatic heterocycles. The summed E-state index contributed by atoms with van der Waals surface area (Å²) in [5, 5.41) is 8.01. The third-order valence-electron chi connectivity index (χ3n) is 3.48. The molecule has 0 amide bonds. The van der Waals surface area contributed by atoms with E-state index in [-0.39, 0.29) is 6.04 Å². The molecule has 0 spiro atoms. The van der Waals surface area contributed by atoms with E-state index in [1.165, 1.54) is 12.0 Å². The van der Waals surface area contributed by atoms with Gasteiger partial charge >= 0.3 is 0 Å². The molecule has 0 bridgehead atoms. The van der Waals surface area contributed by atoms with Gasteiger partial charge in [0.2, 0.25) is 0 Å². The van der Waals surface area contributed by atoms with Gasteiger partial charge in [0, 0.05) is 13.0 Å². The number of benzene rings is 1. The van der Waals surface area contributed by atoms with Crippen molar-refractivity contribution >= 4 is 5.84 Å². The molecule has 1 aliphatic heterocycles. The minimum Gasteiger partial charge on any atom is -0.497 e. The molecule has 1 aromatic rings. The summed E-state index contributed by atoms with van der Waals surface area (Å²) in [6, 6.07) is 8.43. The summed E-state index contributed by atoms with van der Waals surface area (Å²) < 4.78 is 5.16. The van der Waals surface area contributed by atoms with Gasteiger partial charge in [-0.05, 0) is 37.5 Å². The lowest BCUT2D eigenvalue weighted by molar-refractivity contribution is 0.299. The van der Waals surface area contributed by atoms with Crippen LogP contribution in [-0.4, -0.2) is 24.4 Å². The number of ether oxygens (including phenoxy) is 1. The Bertz CT molecular complexity index is 386. The minimum atomic E-state index is 0.286. The molecule has 1 unspecified atom stereocenters. The van der Waals surface area contributed by atoms with Gasteiger partial charge in [-0.2, -0.15) is 0 Å². The molecule has 0 aliphatic carbocycles. The largest absolute Gasteiger partial charge is 0.497 e. The number of hydrogen-bond donors (Lipinski definition) is 1. The van der Waals surface area contributed by atoms with Gasteiger partial charge in [0.1, 0.15) is 5.75 Å². The predicted octanol–water partition coefficient (Wildman–Crippen LogP) is 3.22. The Morgan fingerprint density at radius 2 is 1.94 bits per heavy atom. The zero-order chi connectivity index (χ0) is 12.3. The van der Waals surface area contributed by atoms with Crippen LogP contribution in [0, 0.1) is 5.41 Å². The molecule has 1 aliphatic rings. The van der Waals surface area contributed by atoms with Crippen molar-refractivity contribution in [1.82, 2.24) is 4.90 Å². The fourth-order valence-electron chi connectivity index (χ4n) is 2.34. The van der Waals surface area contributed by atoms with Crippen molar-refractivity contribution in [3.63, 3.8) is 0 Å². The van der Waals surface area contributed by atoms with Gasteiger partial charge in [-0.3, -0.25) is 5.41 Å². The molecule has 1 heterocycles. The van der Waals surface area contributed by atoms with Gasteiger partial charge in [-0.15, -0.1) is 0 Å². The molecule has 92 valence electrons. The molecule has 3 heteroatoms. The van der Waals surface area contributed by atoms with Crippen molar-refractivity contribution in [2.75, 3.05) is 13.7 Å². The number of piperidine rings is 1. The van der Waals surface area contributed by atoms with Crippen LogP contribution in [0.2, 0.25) is 0 Å². The quantitative estimate of drug-likeness (QED) is 0.868. The predicted molar refractivity (Wildman–Crippen MR) is 69.7 cm³/mol. The molecular weight excluding hydrogens is 212 g/mol. The lowest BCUT2D eigenvalue weighted by atomic mass is 10.0. The fraction of sp³-hybridized carbons (Fsp3) is 0.500. The number of likely N-dealkylation sites (tertiary alicyclic amines) is 1. The minimum absolute atomic E-state index is 0.286. The Hall–Kier alpha value is -1.51. The maximum atomic E-state index is 8.01. The normalized spacial score (nSPS) is 18.0. The van der Waals surface area contributed by atoms with E-state index in [0.29, 0.717) is 0 Å². The van der Waals surface area contributed by atoms with E-state index in [2.05, 4.69) is 24.0 Å². The van der Waals surface area contributed by atoms with Crippen LogP contribution < -0.4 is 4.74 Å². The van der Waals surface area contributed by atoms with Crippen LogP contribution >= 0.6 is 0 Å². The second-order valence-corrected chi connectivity index (χ2v) is 4.55. The van der Waals surface area contributed by atoms with Gasteiger partial charge in [0.15, 0.2) is 0 Å². The summed E-state index contributed by atoms with van der Waals surface area (Å²) in [5.74, 6) is 1.66. The van der Waals surface area contributed by atoms with E-state index in [1.807, 2.05) is 12.1 Å². The van der Waals surface area contributed by atoms with E-state index >= 15 is 0 Å². The lowest BCUT2D eigenvalue weighted by Gasteiger charge is -2.35. The van der Waals surface area contributed by atoms with E-state index in [4.69, 9.17) is 10.1 Å². The number of nitrogens with one attached hydrogen (secondary N) is 1. The number of hydrogen-bond acceptors (Lipinski definition) is 2. The second-order valence-electron chi connectivity index (χ2n) is 4.55. The molecule has 1 saturated heterocycles. The number of rotatable bonds is 3. The summed E-state index contributed by atoms with van der Waals surface area (Å²) in [5.41, 5.74) is 1.25. The van der Waals surface area contributed by atoms with Crippen molar-refractivity contribution in [3.8, 4) is 5.75 Å². The van der Waals surface area contributed by atoms with Gasteiger partial charge in [-0.25, -0.2) is 0 Å². The second kappa shape index (κ2) is 5.21. The van der Waals surface area contributed by atoms with E-state index in [1.54, 1.807) is 7.11 Å². The Morgan fingerprint density at radius 1 is 1.24 bits per heavy atom. The van der Waals surface area contributed by atoms with Crippen LogP contribution in [0.15, 0.2) is 24.3 Å². The molecule has 0 saturated carbocycles. The van der Waals surface area contributed by atoms with Crippen molar-refractivity contribution in [2.45, 2.75) is 32.2 Å². The maximum absolute atomic E-state index is 8.01. The van der Waals surface area contributed by atoms with Crippen LogP contribution in [0.1, 0.15) is 37.8 Å². The average Bonchev–Trinajstić information content (AvgIpc) is 2.39. The molecule has 1 fully saturated rings. The van der Waals surface area contributed by atoms with Gasteiger partial charge in [0.25, 0.3) is 0 Å². The van der Waals surface area contributed by atoms with E-state index < -0.39 is 0 Å². The standard InChI is InChI=1S/C14H20N2O/c1-11(16-10-4-3-5-14(16)15)12-6-8-13(17-2)9-7-12/h6-9,11,15H,3-5,10H2,1-2H3. The van der Waals surface area contributed by atoms with E-state index in [9.17, 15) is 0 Å². The number of nitrogens with zero attached hydrogens (tertiary/aromatic N) is 1. The van der Waals surface area contributed by atoms with Crippen molar-refractivity contribution in [2.24, 2.45) is 0 Å². The topological polar surface area (TPSA) is 36.3 Å². The summed E-state index contributed by atoms with van der Waals surface area (Å²) in [6.45, 7) is 3.17. The summed E-state index contributed by atoms with van der Waals surface area (Å²) in [6.07, 6.45) is 3.27. The van der Waals surface area contributed by atoms with Gasteiger partial charge in [0.05, 0.1) is 19.0 Å². The fourth-order valence-corrected chi connectivity index (χ4v) is 2.34. The highest BCUT2D eigenvalue weighted by molar-refractivity contribution is 5.80. The van der Waals surface area contributed by atoms with Crippen LogP contribution in [0.4, 0.5) is 0 Å². The Labute approximate surface area is 103 Å². The van der Waals surface area contributed by atoms with Crippen molar-refractivity contribution < 1.29 is 4.74 Å². The Morgan fingerprint density at radius 3 is 2.53 bits per heavy atom. The van der Waals surface area contributed by atoms with Crippen molar-refractivity contribution in [3.05, 3.63) is 29.8 Å². The van der Waals surface area contributed by atoms with Crippen LogP contribution in [0.3, 0.4) is 0 Å². The SMILES string of the molecule is COc1ccc(C(C)N2CCCCC2=N)cc1. The molecule has 17 heavy (non-hydrogen) atoms. The first-order valence-corrected chi connectivity index (χ1v) is 6.20. The highest BCUT2D eigenvalue weighted by Crippen LogP contribution is 2.26. The summed E-state index contributed by atoms with van der Waals surface area (Å²) in [7, 11) is 1.68. The zero-order valence-electron chi connectivity index (χ0n) is 10.6. The smallest absolute Gasteiger partial charge is 0.118 e. The van der Waals surface area contributed by atoms with Gasteiger partial charge in [-0.1, -0.05) is 12.1 Å². The van der Waals surface area contributed by atoms with Crippen LogP contribution in [0.25, 0.3) is 0 Å². The average molecular weight is 232 g/mol. The van der Waals surface area contributed by atoms with Crippen LogP contribution in [0.5, 0.6) is 5.75 Å². The van der Waals surface area contributed by atoms with Gasteiger partial charge < -0.3 is 9.64 Å². The number of amidine groups is 1. The van der Waals surface area contributed by atoms with E-state index in [0.717, 1.165) is 31.0 Å². The number of methoxy groups -OCH3 is 1. The Kier molecular flexibility index (Phi) is 3.67. The molecular formula is C14H20N2O. The zero-order valence-corrected chi connectivity index (χ0v) is 10.6. The monoisotopic (exact) mass is 232 g/mol. The lowest BCUT2D eigenvalue weighted by Crippen LogP contribution is -2.36. The highest BCUT2D eigenvalue weighted by Gasteiger charge is 2.21. The first kappa shape index (κ1) is 12.0. The Balaban J connectivity index is 2.12. The summed E-state index contributed by atoms with van der Waals surface area (Å²) in [4.78, 5) is 2.20. The first-order chi connectivity index (χ1) is 8.22. The molecule has 1 atom stereocenters. The molecule has 1 N–H and O–H groups in total. The van der Waals surface area contributed by atoms with Crippen LogP contribution in [-0.2, 0) is 0 Å². The first-order valence-electron chi connectivity index (χ1n) is 6.20. The highest BCUT2D eigenvalue weighted by atomic mass is 16.5. The van der Waals surface area contributed by atoms with Crippen molar-refractivity contribution in [1.29, 1.82) is 5.41 Å². The maximum Gasteiger partial charge on any atom is 0.118 e. The third kappa shape index (κ3) is 2.60. The molecule has 0 radical (unpaired) electrons. The summed E-state index contributed by atoms with van der Waals surface area (Å²) >= 11 is 0.